The Balaban J connectivity index is 1.96. The van der Waals surface area contributed by atoms with E-state index in [0.717, 1.165) is 44.5 Å². The zero-order valence-electron chi connectivity index (χ0n) is 15.0. The number of amides is 1. The zero-order chi connectivity index (χ0) is 19.4. The maximum atomic E-state index is 13.2. The van der Waals surface area contributed by atoms with Gasteiger partial charge in [-0.1, -0.05) is 12.1 Å². The molecule has 2 aromatic rings. The Hall–Kier alpha value is -2.70. The van der Waals surface area contributed by atoms with Crippen LogP contribution in [0.15, 0.2) is 42.5 Å². The van der Waals surface area contributed by atoms with Gasteiger partial charge in [0.05, 0.1) is 29.6 Å². The Morgan fingerprint density at radius 3 is 2.44 bits per heavy atom. The molecule has 1 heterocycles. The maximum Gasteiger partial charge on any atom is 0.416 e. The van der Waals surface area contributed by atoms with Crippen LogP contribution in [-0.2, 0) is 6.18 Å². The van der Waals surface area contributed by atoms with Crippen LogP contribution in [0.2, 0.25) is 0 Å². The number of hydrogen-bond donors (Lipinski definition) is 1. The van der Waals surface area contributed by atoms with Gasteiger partial charge in [-0.3, -0.25) is 4.79 Å². The predicted octanol–water partition coefficient (Wildman–Crippen LogP) is 4.96. The molecule has 1 aliphatic heterocycles. The molecule has 27 heavy (non-hydrogen) atoms. The molecular weight excluding hydrogens is 357 g/mol. The summed E-state index contributed by atoms with van der Waals surface area (Å²) in [4.78, 5) is 14.7. The number of anilines is 2. The quantitative estimate of drug-likeness (QED) is 0.818. The van der Waals surface area contributed by atoms with Crippen molar-refractivity contribution in [3.63, 3.8) is 0 Å². The van der Waals surface area contributed by atoms with Crippen molar-refractivity contribution in [2.75, 3.05) is 30.4 Å². The minimum Gasteiger partial charge on any atom is -0.496 e. The Kier molecular flexibility index (Phi) is 5.58. The summed E-state index contributed by atoms with van der Waals surface area (Å²) < 4.78 is 44.7. The van der Waals surface area contributed by atoms with Crippen LogP contribution in [0.4, 0.5) is 24.5 Å². The molecular formula is C20H21F3N2O2. The Morgan fingerprint density at radius 2 is 1.78 bits per heavy atom. The lowest BCUT2D eigenvalue weighted by Gasteiger charge is -2.31. The number of carbonyl (C=O) groups is 1. The lowest BCUT2D eigenvalue weighted by atomic mass is 10.1. The normalized spacial score (nSPS) is 14.7. The molecule has 0 spiro atoms. The monoisotopic (exact) mass is 378 g/mol. The number of alkyl halides is 3. The van der Waals surface area contributed by atoms with Crippen LogP contribution in [0, 0.1) is 0 Å². The SMILES string of the molecule is COc1ccccc1C(=O)Nc1cc(C(F)(F)F)ccc1N1CCCCC1. The van der Waals surface area contributed by atoms with Gasteiger partial charge in [0.2, 0.25) is 0 Å². The number of hydrogen-bond acceptors (Lipinski definition) is 3. The lowest BCUT2D eigenvalue weighted by molar-refractivity contribution is -0.137. The van der Waals surface area contributed by atoms with Crippen molar-refractivity contribution in [3.05, 3.63) is 53.6 Å². The summed E-state index contributed by atoms with van der Waals surface area (Å²) in [6.45, 7) is 1.51. The van der Waals surface area contributed by atoms with Gasteiger partial charge in [0.1, 0.15) is 5.75 Å². The molecule has 1 N–H and O–H groups in total. The van der Waals surface area contributed by atoms with Crippen molar-refractivity contribution in [1.29, 1.82) is 0 Å². The van der Waals surface area contributed by atoms with Crippen LogP contribution in [-0.4, -0.2) is 26.1 Å². The van der Waals surface area contributed by atoms with E-state index in [-0.39, 0.29) is 11.3 Å². The fraction of sp³-hybridized carbons (Fsp3) is 0.350. The maximum absolute atomic E-state index is 13.2. The van der Waals surface area contributed by atoms with Gasteiger partial charge in [-0.15, -0.1) is 0 Å². The summed E-state index contributed by atoms with van der Waals surface area (Å²) >= 11 is 0. The third-order valence-electron chi connectivity index (χ3n) is 4.62. The molecule has 7 heteroatoms. The second kappa shape index (κ2) is 7.90. The van der Waals surface area contributed by atoms with Crippen LogP contribution in [0.1, 0.15) is 35.2 Å². The van der Waals surface area contributed by atoms with E-state index in [0.29, 0.717) is 11.4 Å². The molecule has 0 aromatic heterocycles. The third-order valence-corrected chi connectivity index (χ3v) is 4.62. The smallest absolute Gasteiger partial charge is 0.416 e. The number of nitrogens with one attached hydrogen (secondary N) is 1. The number of para-hydroxylation sites is 1. The minimum atomic E-state index is -4.48. The first kappa shape index (κ1) is 19.1. The molecule has 0 atom stereocenters. The summed E-state index contributed by atoms with van der Waals surface area (Å²) in [5, 5.41) is 2.65. The molecule has 1 saturated heterocycles. The fourth-order valence-corrected chi connectivity index (χ4v) is 3.24. The van der Waals surface area contributed by atoms with Crippen LogP contribution >= 0.6 is 0 Å². The highest BCUT2D eigenvalue weighted by atomic mass is 19.4. The van der Waals surface area contributed by atoms with E-state index in [2.05, 4.69) is 5.32 Å². The van der Waals surface area contributed by atoms with E-state index in [1.54, 1.807) is 24.3 Å². The molecule has 0 bridgehead atoms. The molecule has 4 nitrogen and oxygen atoms in total. The van der Waals surface area contributed by atoms with Crippen molar-refractivity contribution in [2.45, 2.75) is 25.4 Å². The first-order valence-electron chi connectivity index (χ1n) is 8.80. The molecule has 2 aromatic carbocycles. The summed E-state index contributed by atoms with van der Waals surface area (Å²) in [6.07, 6.45) is -1.44. The average molecular weight is 378 g/mol. The number of benzene rings is 2. The topological polar surface area (TPSA) is 41.6 Å². The van der Waals surface area contributed by atoms with Crippen LogP contribution < -0.4 is 15.0 Å². The minimum absolute atomic E-state index is 0.155. The van der Waals surface area contributed by atoms with Crippen LogP contribution in [0.3, 0.4) is 0 Å². The third kappa shape index (κ3) is 4.35. The number of nitrogens with zero attached hydrogens (tertiary/aromatic N) is 1. The summed E-state index contributed by atoms with van der Waals surface area (Å²) in [5.41, 5.74) is 0.231. The van der Waals surface area contributed by atoms with E-state index in [1.165, 1.54) is 13.2 Å². The van der Waals surface area contributed by atoms with E-state index in [4.69, 9.17) is 4.74 Å². The lowest BCUT2D eigenvalue weighted by Crippen LogP contribution is -2.30. The van der Waals surface area contributed by atoms with Crippen molar-refractivity contribution < 1.29 is 22.7 Å². The molecule has 3 rings (SSSR count). The van der Waals surface area contributed by atoms with Gasteiger partial charge in [0.15, 0.2) is 0 Å². The van der Waals surface area contributed by atoms with E-state index in [1.807, 2.05) is 4.90 Å². The Labute approximate surface area is 155 Å². The van der Waals surface area contributed by atoms with E-state index < -0.39 is 17.6 Å². The molecule has 1 aliphatic rings. The zero-order valence-corrected chi connectivity index (χ0v) is 15.0. The van der Waals surface area contributed by atoms with Gasteiger partial charge < -0.3 is 15.0 Å². The Morgan fingerprint density at radius 1 is 1.07 bits per heavy atom. The highest BCUT2D eigenvalue weighted by Crippen LogP contribution is 2.36. The molecule has 0 radical (unpaired) electrons. The second-order valence-electron chi connectivity index (χ2n) is 6.43. The van der Waals surface area contributed by atoms with Crippen LogP contribution in [0.25, 0.3) is 0 Å². The highest BCUT2D eigenvalue weighted by Gasteiger charge is 2.32. The van der Waals surface area contributed by atoms with Gasteiger partial charge in [-0.2, -0.15) is 13.2 Å². The summed E-state index contributed by atoms with van der Waals surface area (Å²) in [5.74, 6) is -0.147. The number of carbonyl (C=O) groups excluding carboxylic acids is 1. The van der Waals surface area contributed by atoms with Crippen molar-refractivity contribution in [2.24, 2.45) is 0 Å². The molecule has 1 fully saturated rings. The van der Waals surface area contributed by atoms with Crippen molar-refractivity contribution in [1.82, 2.24) is 0 Å². The van der Waals surface area contributed by atoms with Crippen molar-refractivity contribution >= 4 is 17.3 Å². The highest BCUT2D eigenvalue weighted by molar-refractivity contribution is 6.07. The first-order valence-corrected chi connectivity index (χ1v) is 8.80. The first-order chi connectivity index (χ1) is 12.9. The molecule has 0 unspecified atom stereocenters. The van der Waals surface area contributed by atoms with Gasteiger partial charge in [0, 0.05) is 13.1 Å². The van der Waals surface area contributed by atoms with Gasteiger partial charge >= 0.3 is 6.18 Å². The van der Waals surface area contributed by atoms with Crippen molar-refractivity contribution in [3.8, 4) is 5.75 Å². The molecule has 0 aliphatic carbocycles. The molecule has 144 valence electrons. The second-order valence-corrected chi connectivity index (χ2v) is 6.43. The number of halogens is 3. The molecule has 1 amide bonds. The fourth-order valence-electron chi connectivity index (χ4n) is 3.24. The van der Waals surface area contributed by atoms with Gasteiger partial charge in [0.25, 0.3) is 5.91 Å². The number of piperidine rings is 1. The summed E-state index contributed by atoms with van der Waals surface area (Å²) in [6, 6.07) is 10.1. The largest absolute Gasteiger partial charge is 0.496 e. The number of ether oxygens (including phenoxy) is 1. The predicted molar refractivity (Wildman–Crippen MR) is 98.5 cm³/mol. The van der Waals surface area contributed by atoms with E-state index in [9.17, 15) is 18.0 Å². The number of methoxy groups -OCH3 is 1. The molecule has 0 saturated carbocycles. The number of rotatable bonds is 4. The average Bonchev–Trinajstić information content (AvgIpc) is 2.67. The Bertz CT molecular complexity index is 815. The van der Waals surface area contributed by atoms with Crippen LogP contribution in [0.5, 0.6) is 5.75 Å². The van der Waals surface area contributed by atoms with Gasteiger partial charge in [-0.05, 0) is 49.6 Å². The van der Waals surface area contributed by atoms with Gasteiger partial charge in [-0.25, -0.2) is 0 Å². The standard InChI is InChI=1S/C20H21F3N2O2/c1-27-18-8-4-3-7-15(18)19(26)24-16-13-14(20(21,22)23)9-10-17(16)25-11-5-2-6-12-25/h3-4,7-10,13H,2,5-6,11-12H2,1H3,(H,24,26). The summed E-state index contributed by atoms with van der Waals surface area (Å²) in [7, 11) is 1.44. The van der Waals surface area contributed by atoms with E-state index >= 15 is 0 Å².